The Morgan fingerprint density at radius 2 is 2.42 bits per heavy atom. The number of carbonyl (C=O) groups excluding carboxylic acids is 1. The average Bonchev–Trinajstić information content (AvgIpc) is 2.11. The highest BCUT2D eigenvalue weighted by molar-refractivity contribution is 5.71. The fraction of sp³-hybridized carbons (Fsp3) is 0.750. The Balaban J connectivity index is 3.59. The summed E-state index contributed by atoms with van der Waals surface area (Å²) in [6.45, 7) is 2.14. The van der Waals surface area contributed by atoms with Crippen LogP contribution in [0.3, 0.4) is 0 Å². The number of ether oxygens (including phenoxy) is 1. The summed E-state index contributed by atoms with van der Waals surface area (Å²) in [5, 5.41) is 11.3. The van der Waals surface area contributed by atoms with Gasteiger partial charge in [0.1, 0.15) is 0 Å². The van der Waals surface area contributed by atoms with E-state index in [1.165, 1.54) is 7.11 Å². The molecule has 1 unspecified atom stereocenters. The molecule has 0 aromatic carbocycles. The lowest BCUT2D eigenvalue weighted by molar-refractivity contribution is -0.139. The van der Waals surface area contributed by atoms with E-state index in [0.29, 0.717) is 6.42 Å². The maximum Gasteiger partial charge on any atom is 0.319 e. The smallest absolute Gasteiger partial charge is 0.319 e. The molecule has 0 aliphatic carbocycles. The molecule has 0 aliphatic rings. The number of nitriles is 1. The van der Waals surface area contributed by atoms with E-state index in [9.17, 15) is 4.79 Å². The normalized spacial score (nSPS) is 11.8. The molecular weight excluding hydrogens is 156 g/mol. The number of rotatable bonds is 5. The molecular formula is C8H14N2O2. The predicted molar refractivity (Wildman–Crippen MR) is 44.3 cm³/mol. The van der Waals surface area contributed by atoms with E-state index in [0.717, 1.165) is 6.42 Å². The first-order valence-corrected chi connectivity index (χ1v) is 3.91. The van der Waals surface area contributed by atoms with Gasteiger partial charge in [-0.25, -0.2) is 0 Å². The van der Waals surface area contributed by atoms with Gasteiger partial charge < -0.3 is 10.1 Å². The molecule has 4 heteroatoms. The van der Waals surface area contributed by atoms with Crippen LogP contribution in [0.5, 0.6) is 0 Å². The van der Waals surface area contributed by atoms with Gasteiger partial charge in [0.15, 0.2) is 0 Å². The van der Waals surface area contributed by atoms with Gasteiger partial charge in [-0.15, -0.1) is 0 Å². The average molecular weight is 170 g/mol. The third-order valence-electron chi connectivity index (χ3n) is 1.59. The summed E-state index contributed by atoms with van der Waals surface area (Å²) in [6, 6.07) is 2.14. The number of esters is 1. The summed E-state index contributed by atoms with van der Waals surface area (Å²) in [4.78, 5) is 10.7. The Kier molecular flexibility index (Phi) is 6.02. The van der Waals surface area contributed by atoms with Crippen molar-refractivity contribution in [2.75, 3.05) is 13.7 Å². The molecule has 0 radical (unpaired) electrons. The summed E-state index contributed by atoms with van der Waals surface area (Å²) in [6.07, 6.45) is 1.26. The van der Waals surface area contributed by atoms with Gasteiger partial charge in [-0.1, -0.05) is 6.92 Å². The van der Waals surface area contributed by atoms with Gasteiger partial charge in [-0.2, -0.15) is 5.26 Å². The summed E-state index contributed by atoms with van der Waals surface area (Å²) in [7, 11) is 1.34. The second-order valence-electron chi connectivity index (χ2n) is 2.42. The van der Waals surface area contributed by atoms with Crippen molar-refractivity contribution in [2.45, 2.75) is 25.8 Å². The van der Waals surface area contributed by atoms with Crippen molar-refractivity contribution in [1.29, 1.82) is 5.26 Å². The van der Waals surface area contributed by atoms with Gasteiger partial charge >= 0.3 is 5.97 Å². The zero-order valence-electron chi connectivity index (χ0n) is 7.46. The van der Waals surface area contributed by atoms with Gasteiger partial charge in [0.05, 0.1) is 26.1 Å². The Bertz CT molecular complexity index is 174. The van der Waals surface area contributed by atoms with Crippen molar-refractivity contribution in [3.05, 3.63) is 0 Å². The van der Waals surface area contributed by atoms with E-state index >= 15 is 0 Å². The van der Waals surface area contributed by atoms with Crippen molar-refractivity contribution in [2.24, 2.45) is 0 Å². The minimum absolute atomic E-state index is 0.0918. The van der Waals surface area contributed by atoms with Crippen LogP contribution in [0.4, 0.5) is 0 Å². The van der Waals surface area contributed by atoms with Crippen LogP contribution in [-0.2, 0) is 9.53 Å². The highest BCUT2D eigenvalue weighted by atomic mass is 16.5. The quantitative estimate of drug-likeness (QED) is 0.608. The Morgan fingerprint density at radius 1 is 1.75 bits per heavy atom. The zero-order chi connectivity index (χ0) is 9.40. The topological polar surface area (TPSA) is 62.1 Å². The first kappa shape index (κ1) is 10.9. The van der Waals surface area contributed by atoms with Crippen LogP contribution >= 0.6 is 0 Å². The lowest BCUT2D eigenvalue weighted by Crippen LogP contribution is -2.33. The SMILES string of the molecule is CCC(CC#N)NCC(=O)OC. The van der Waals surface area contributed by atoms with Crippen molar-refractivity contribution in [3.8, 4) is 6.07 Å². The van der Waals surface area contributed by atoms with Gasteiger partial charge in [-0.05, 0) is 6.42 Å². The van der Waals surface area contributed by atoms with Gasteiger partial charge in [0.25, 0.3) is 0 Å². The highest BCUT2D eigenvalue weighted by Gasteiger charge is 2.06. The molecule has 1 atom stereocenters. The second-order valence-corrected chi connectivity index (χ2v) is 2.42. The largest absolute Gasteiger partial charge is 0.468 e. The van der Waals surface area contributed by atoms with Crippen molar-refractivity contribution in [1.82, 2.24) is 5.32 Å². The molecule has 0 saturated carbocycles. The maximum absolute atomic E-state index is 10.7. The molecule has 0 rings (SSSR count). The molecule has 68 valence electrons. The van der Waals surface area contributed by atoms with Crippen LogP contribution in [0.1, 0.15) is 19.8 Å². The standard InChI is InChI=1S/C8H14N2O2/c1-3-7(4-5-9)10-6-8(11)12-2/h7,10H,3-4,6H2,1-2H3. The van der Waals surface area contributed by atoms with Crippen molar-refractivity contribution < 1.29 is 9.53 Å². The minimum Gasteiger partial charge on any atom is -0.468 e. The molecule has 12 heavy (non-hydrogen) atoms. The van der Waals surface area contributed by atoms with Crippen LogP contribution in [0, 0.1) is 11.3 Å². The third-order valence-corrected chi connectivity index (χ3v) is 1.59. The molecule has 1 N–H and O–H groups in total. The summed E-state index contributed by atoms with van der Waals surface area (Å²) < 4.78 is 4.44. The van der Waals surface area contributed by atoms with Gasteiger partial charge in [-0.3, -0.25) is 4.79 Å². The molecule has 0 amide bonds. The van der Waals surface area contributed by atoms with E-state index in [1.54, 1.807) is 0 Å². The van der Waals surface area contributed by atoms with Crippen LogP contribution in [0.2, 0.25) is 0 Å². The van der Waals surface area contributed by atoms with E-state index in [1.807, 2.05) is 13.0 Å². The van der Waals surface area contributed by atoms with Crippen LogP contribution in [-0.4, -0.2) is 25.7 Å². The molecule has 0 bridgehead atoms. The van der Waals surface area contributed by atoms with E-state index in [2.05, 4.69) is 10.1 Å². The Labute approximate surface area is 72.5 Å². The van der Waals surface area contributed by atoms with E-state index in [-0.39, 0.29) is 18.6 Å². The number of carbonyl (C=O) groups is 1. The maximum atomic E-state index is 10.7. The van der Waals surface area contributed by atoms with E-state index < -0.39 is 0 Å². The summed E-state index contributed by atoms with van der Waals surface area (Å²) in [5.74, 6) is -0.300. The van der Waals surface area contributed by atoms with Gasteiger partial charge in [0.2, 0.25) is 0 Å². The highest BCUT2D eigenvalue weighted by Crippen LogP contribution is 1.94. The summed E-state index contributed by atoms with van der Waals surface area (Å²) in [5.41, 5.74) is 0. The molecule has 0 aromatic rings. The molecule has 4 nitrogen and oxygen atoms in total. The number of nitrogens with zero attached hydrogens (tertiary/aromatic N) is 1. The first-order chi connectivity index (χ1) is 5.74. The van der Waals surface area contributed by atoms with Crippen LogP contribution < -0.4 is 5.32 Å². The monoisotopic (exact) mass is 170 g/mol. The fourth-order valence-corrected chi connectivity index (χ4v) is 0.771. The van der Waals surface area contributed by atoms with Crippen LogP contribution in [0.15, 0.2) is 0 Å². The first-order valence-electron chi connectivity index (χ1n) is 3.91. The lowest BCUT2D eigenvalue weighted by atomic mass is 10.2. The lowest BCUT2D eigenvalue weighted by Gasteiger charge is -2.11. The zero-order valence-corrected chi connectivity index (χ0v) is 7.46. The molecule has 0 spiro atoms. The number of methoxy groups -OCH3 is 1. The Morgan fingerprint density at radius 3 is 2.83 bits per heavy atom. The summed E-state index contributed by atoms with van der Waals surface area (Å²) >= 11 is 0. The van der Waals surface area contributed by atoms with Gasteiger partial charge in [0, 0.05) is 6.04 Å². The molecule has 0 fully saturated rings. The molecule has 0 saturated heterocycles. The molecule has 0 aliphatic heterocycles. The van der Waals surface area contributed by atoms with E-state index in [4.69, 9.17) is 5.26 Å². The fourth-order valence-electron chi connectivity index (χ4n) is 0.771. The van der Waals surface area contributed by atoms with Crippen LogP contribution in [0.25, 0.3) is 0 Å². The van der Waals surface area contributed by atoms with Crippen molar-refractivity contribution in [3.63, 3.8) is 0 Å². The Hall–Kier alpha value is -1.08. The number of nitrogens with one attached hydrogen (secondary N) is 1. The third kappa shape index (κ3) is 4.69. The minimum atomic E-state index is -0.300. The number of hydrogen-bond acceptors (Lipinski definition) is 4. The molecule has 0 heterocycles. The van der Waals surface area contributed by atoms with Crippen molar-refractivity contribution >= 4 is 5.97 Å². The number of hydrogen-bond donors (Lipinski definition) is 1. The predicted octanol–water partition coefficient (Wildman–Crippen LogP) is 0.441. The second kappa shape index (κ2) is 6.62. The molecule has 0 aromatic heterocycles.